The van der Waals surface area contributed by atoms with E-state index in [1.807, 2.05) is 19.1 Å². The van der Waals surface area contributed by atoms with Crippen LogP contribution in [0.5, 0.6) is 5.75 Å². The van der Waals surface area contributed by atoms with E-state index >= 15 is 0 Å². The smallest absolute Gasteiger partial charge is 0.297 e. The average Bonchev–Trinajstić information content (AvgIpc) is 3.08. The van der Waals surface area contributed by atoms with E-state index in [0.717, 1.165) is 0 Å². The normalized spacial score (nSPS) is 15.4. The lowest BCUT2D eigenvalue weighted by molar-refractivity contribution is 0.0969. The van der Waals surface area contributed by atoms with Crippen LogP contribution in [0.3, 0.4) is 0 Å². The molecule has 7 nitrogen and oxygen atoms in total. The highest BCUT2D eigenvalue weighted by atomic mass is 35.5. The minimum Gasteiger partial charge on any atom is -0.494 e. The fourth-order valence-corrected chi connectivity index (χ4v) is 3.97. The molecule has 0 saturated carbocycles. The number of carbonyl (C=O) groups excluding carboxylic acids is 1. The second-order valence-corrected chi connectivity index (χ2v) is 7.38. The van der Waals surface area contributed by atoms with Gasteiger partial charge in [0.2, 0.25) is 11.7 Å². The summed E-state index contributed by atoms with van der Waals surface area (Å²) in [5, 5.41) is 0.718. The molecular weight excluding hydrogens is 418 g/mol. The minimum absolute atomic E-state index is 0.0221. The molecule has 0 N–H and O–H groups in total. The van der Waals surface area contributed by atoms with E-state index in [2.05, 4.69) is 9.97 Å². The summed E-state index contributed by atoms with van der Waals surface area (Å²) in [5.41, 5.74) is 0.917. The summed E-state index contributed by atoms with van der Waals surface area (Å²) < 4.78 is 11.4. The summed E-state index contributed by atoms with van der Waals surface area (Å²) in [6.07, 6.45) is 3.08. The standard InChI is InChI=1S/C23H16ClN3O4/c1-2-30-15-7-4-13(5-8-15)19-18-20(28)16-12-14(24)6-9-17(16)31-21(18)22(29)27(19)23-25-10-3-11-26-23/h3-12,19H,2H2,1H3. The zero-order chi connectivity index (χ0) is 21.5. The molecule has 31 heavy (non-hydrogen) atoms. The van der Waals surface area contributed by atoms with E-state index in [0.29, 0.717) is 33.9 Å². The first kappa shape index (κ1) is 19.3. The monoisotopic (exact) mass is 433 g/mol. The summed E-state index contributed by atoms with van der Waals surface area (Å²) in [4.78, 5) is 36.7. The fraction of sp³-hybridized carbons (Fsp3) is 0.130. The van der Waals surface area contributed by atoms with Crippen molar-refractivity contribution in [3.63, 3.8) is 0 Å². The summed E-state index contributed by atoms with van der Waals surface area (Å²) >= 11 is 6.10. The van der Waals surface area contributed by atoms with Crippen LogP contribution in [0.2, 0.25) is 5.02 Å². The third-order valence-corrected chi connectivity index (χ3v) is 5.34. The SMILES string of the molecule is CCOc1ccc(C2c3c(oc4ccc(Cl)cc4c3=O)C(=O)N2c2ncccn2)cc1. The number of carbonyl (C=O) groups is 1. The maximum Gasteiger partial charge on any atom is 0.297 e. The lowest BCUT2D eigenvalue weighted by atomic mass is 9.98. The molecule has 2 aromatic heterocycles. The Balaban J connectivity index is 1.76. The van der Waals surface area contributed by atoms with Gasteiger partial charge in [-0.1, -0.05) is 23.7 Å². The molecule has 0 spiro atoms. The van der Waals surface area contributed by atoms with Crippen LogP contribution in [0.15, 0.2) is 70.1 Å². The maximum atomic E-state index is 13.5. The molecule has 0 radical (unpaired) electrons. The Kier molecular flexibility index (Phi) is 4.67. The van der Waals surface area contributed by atoms with E-state index in [4.69, 9.17) is 20.8 Å². The highest BCUT2D eigenvalue weighted by molar-refractivity contribution is 6.31. The number of amides is 1. The van der Waals surface area contributed by atoms with Crippen molar-refractivity contribution >= 4 is 34.4 Å². The van der Waals surface area contributed by atoms with Crippen molar-refractivity contribution in [1.29, 1.82) is 0 Å². The van der Waals surface area contributed by atoms with Crippen LogP contribution < -0.4 is 15.1 Å². The van der Waals surface area contributed by atoms with E-state index in [1.165, 1.54) is 4.90 Å². The molecule has 1 aliphatic rings. The largest absolute Gasteiger partial charge is 0.494 e. The van der Waals surface area contributed by atoms with Gasteiger partial charge in [0.25, 0.3) is 5.91 Å². The van der Waals surface area contributed by atoms with Gasteiger partial charge in [-0.2, -0.15) is 0 Å². The molecule has 8 heteroatoms. The van der Waals surface area contributed by atoms with Crippen LogP contribution in [-0.4, -0.2) is 22.5 Å². The number of halogens is 1. The lowest BCUT2D eigenvalue weighted by Gasteiger charge is -2.23. The van der Waals surface area contributed by atoms with Crippen molar-refractivity contribution in [3.05, 3.63) is 93.1 Å². The first-order valence-electron chi connectivity index (χ1n) is 9.68. The topological polar surface area (TPSA) is 85.5 Å². The van der Waals surface area contributed by atoms with Gasteiger partial charge >= 0.3 is 0 Å². The molecule has 3 heterocycles. The highest BCUT2D eigenvalue weighted by Crippen LogP contribution is 2.40. The summed E-state index contributed by atoms with van der Waals surface area (Å²) in [6, 6.07) is 12.9. The van der Waals surface area contributed by atoms with E-state index < -0.39 is 11.9 Å². The van der Waals surface area contributed by atoms with Gasteiger partial charge in [0.05, 0.1) is 23.6 Å². The number of rotatable bonds is 4. The third-order valence-electron chi connectivity index (χ3n) is 5.11. The van der Waals surface area contributed by atoms with Gasteiger partial charge in [-0.3, -0.25) is 14.5 Å². The Hall–Kier alpha value is -3.71. The number of hydrogen-bond acceptors (Lipinski definition) is 6. The molecule has 154 valence electrons. The number of nitrogens with zero attached hydrogens (tertiary/aromatic N) is 3. The predicted octanol–water partition coefficient (Wildman–Crippen LogP) is 4.38. The van der Waals surface area contributed by atoms with E-state index in [-0.39, 0.29) is 22.7 Å². The zero-order valence-electron chi connectivity index (χ0n) is 16.4. The van der Waals surface area contributed by atoms with Crippen LogP contribution >= 0.6 is 11.6 Å². The van der Waals surface area contributed by atoms with Crippen LogP contribution in [0.1, 0.15) is 34.6 Å². The number of fused-ring (bicyclic) bond motifs is 2. The highest BCUT2D eigenvalue weighted by Gasteiger charge is 2.44. The van der Waals surface area contributed by atoms with Crippen molar-refractivity contribution in [3.8, 4) is 5.75 Å². The van der Waals surface area contributed by atoms with Crippen LogP contribution in [0.25, 0.3) is 11.0 Å². The number of ether oxygens (including phenoxy) is 1. The third kappa shape index (κ3) is 3.14. The molecular formula is C23H16ClN3O4. The molecule has 1 unspecified atom stereocenters. The van der Waals surface area contributed by atoms with E-state index in [9.17, 15) is 9.59 Å². The maximum absolute atomic E-state index is 13.5. The Bertz CT molecular complexity index is 1350. The van der Waals surface area contributed by atoms with Gasteiger partial charge in [0.1, 0.15) is 11.3 Å². The Morgan fingerprint density at radius 3 is 2.55 bits per heavy atom. The van der Waals surface area contributed by atoms with Gasteiger partial charge < -0.3 is 9.15 Å². The molecule has 0 bridgehead atoms. The molecule has 1 aliphatic heterocycles. The van der Waals surface area contributed by atoms with Crippen molar-refractivity contribution < 1.29 is 13.9 Å². The van der Waals surface area contributed by atoms with Gasteiger partial charge in [-0.15, -0.1) is 0 Å². The lowest BCUT2D eigenvalue weighted by Crippen LogP contribution is -2.31. The quantitative estimate of drug-likeness (QED) is 0.474. The number of aromatic nitrogens is 2. The van der Waals surface area contributed by atoms with Crippen molar-refractivity contribution in [1.82, 2.24) is 9.97 Å². The summed E-state index contributed by atoms with van der Waals surface area (Å²) in [5.74, 6) is 0.370. The predicted molar refractivity (Wildman–Crippen MR) is 116 cm³/mol. The van der Waals surface area contributed by atoms with Gasteiger partial charge in [-0.05, 0) is 48.9 Å². The fourth-order valence-electron chi connectivity index (χ4n) is 3.80. The van der Waals surface area contributed by atoms with E-state index in [1.54, 1.807) is 48.8 Å². The second kappa shape index (κ2) is 7.52. The average molecular weight is 434 g/mol. The molecule has 0 saturated heterocycles. The number of hydrogen-bond donors (Lipinski definition) is 0. The second-order valence-electron chi connectivity index (χ2n) is 6.94. The molecule has 5 rings (SSSR count). The Labute approximate surface area is 181 Å². The van der Waals surface area contributed by atoms with Gasteiger partial charge in [0, 0.05) is 17.4 Å². The minimum atomic E-state index is -0.750. The van der Waals surface area contributed by atoms with Crippen LogP contribution in [0, 0.1) is 0 Å². The first-order valence-corrected chi connectivity index (χ1v) is 10.1. The Morgan fingerprint density at radius 2 is 1.84 bits per heavy atom. The zero-order valence-corrected chi connectivity index (χ0v) is 17.2. The Morgan fingerprint density at radius 1 is 1.10 bits per heavy atom. The molecule has 1 amide bonds. The molecule has 1 atom stereocenters. The van der Waals surface area contributed by atoms with Gasteiger partial charge in [-0.25, -0.2) is 9.97 Å². The summed E-state index contributed by atoms with van der Waals surface area (Å²) in [6.45, 7) is 2.43. The van der Waals surface area contributed by atoms with Crippen molar-refractivity contribution in [2.24, 2.45) is 0 Å². The molecule has 0 fully saturated rings. The van der Waals surface area contributed by atoms with Crippen molar-refractivity contribution in [2.75, 3.05) is 11.5 Å². The van der Waals surface area contributed by atoms with Crippen LogP contribution in [0.4, 0.5) is 5.95 Å². The van der Waals surface area contributed by atoms with Crippen molar-refractivity contribution in [2.45, 2.75) is 13.0 Å². The number of anilines is 1. The molecule has 2 aromatic carbocycles. The number of benzene rings is 2. The summed E-state index contributed by atoms with van der Waals surface area (Å²) in [7, 11) is 0. The molecule has 4 aromatic rings. The molecule has 0 aliphatic carbocycles. The first-order chi connectivity index (χ1) is 15.1. The van der Waals surface area contributed by atoms with Gasteiger partial charge in [0.15, 0.2) is 5.43 Å². The van der Waals surface area contributed by atoms with Crippen LogP contribution in [-0.2, 0) is 0 Å².